The summed E-state index contributed by atoms with van der Waals surface area (Å²) in [5.41, 5.74) is 7.86. The minimum Gasteiger partial charge on any atom is -0.459 e. The van der Waals surface area contributed by atoms with Crippen molar-refractivity contribution in [2.24, 2.45) is 5.73 Å². The number of carbonyl (C=O) groups excluding carboxylic acids is 3. The third kappa shape index (κ3) is 9.15. The van der Waals surface area contributed by atoms with Crippen LogP contribution < -0.4 is 10.6 Å². The molecular weight excluding hydrogens is 568 g/mol. The monoisotopic (exact) mass is 622 g/mol. The highest BCUT2D eigenvalue weighted by atomic mass is 16.6. The zero-order valence-electron chi connectivity index (χ0n) is 28.2. The second kappa shape index (κ2) is 16.3. The maximum Gasteiger partial charge on any atom is 0.307 e. The number of carbonyl (C=O) groups is 3. The molecule has 0 spiro atoms. The van der Waals surface area contributed by atoms with Gasteiger partial charge in [-0.25, -0.2) is 0 Å². The van der Waals surface area contributed by atoms with Gasteiger partial charge in [-0.3, -0.25) is 24.2 Å². The number of likely N-dealkylation sites (N-methyl/N-ethyl adjacent to an activating group) is 1. The van der Waals surface area contributed by atoms with Crippen molar-refractivity contribution in [2.75, 3.05) is 57.8 Å². The fraction of sp³-hybridized carbons (Fsp3) is 0.583. The van der Waals surface area contributed by atoms with Crippen molar-refractivity contribution in [1.29, 1.82) is 0 Å². The first-order valence-corrected chi connectivity index (χ1v) is 16.5. The molecule has 1 aliphatic heterocycles. The first-order chi connectivity index (χ1) is 21.4. The van der Waals surface area contributed by atoms with E-state index in [9.17, 15) is 19.5 Å². The number of nitrogens with two attached hydrogens (primary N) is 1. The van der Waals surface area contributed by atoms with Crippen molar-refractivity contribution in [3.8, 4) is 0 Å². The smallest absolute Gasteiger partial charge is 0.307 e. The van der Waals surface area contributed by atoms with Crippen LogP contribution >= 0.6 is 0 Å². The molecule has 0 aliphatic carbocycles. The molecule has 0 saturated carbocycles. The van der Waals surface area contributed by atoms with Gasteiger partial charge in [-0.15, -0.1) is 0 Å². The Labute approximate surface area is 269 Å². The molecule has 45 heavy (non-hydrogen) atoms. The highest BCUT2D eigenvalue weighted by Gasteiger charge is 2.40. The molecule has 3 rings (SSSR count). The SMILES string of the molecule is CCN(C)C(CC)(Cc1ccc(C(C)C(N)=O)cc1)C(=O)c1ccc(N2CCN(CCC(=O)OC(C)(CC)CCO)CC2)cc1. The average Bonchev–Trinajstić information content (AvgIpc) is 3.06. The second-order valence-corrected chi connectivity index (χ2v) is 12.6. The highest BCUT2D eigenvalue weighted by Crippen LogP contribution is 2.30. The lowest BCUT2D eigenvalue weighted by Crippen LogP contribution is -2.54. The third-order valence-electron chi connectivity index (χ3n) is 9.86. The number of amides is 1. The van der Waals surface area contributed by atoms with E-state index in [0.29, 0.717) is 44.2 Å². The van der Waals surface area contributed by atoms with E-state index >= 15 is 0 Å². The number of aliphatic hydroxyl groups excluding tert-OH is 1. The number of ketones is 1. The molecule has 1 amide bonds. The van der Waals surface area contributed by atoms with Crippen molar-refractivity contribution in [1.82, 2.24) is 9.80 Å². The lowest BCUT2D eigenvalue weighted by molar-refractivity contribution is -0.160. The van der Waals surface area contributed by atoms with Crippen LogP contribution in [0, 0.1) is 0 Å². The number of esters is 1. The van der Waals surface area contributed by atoms with Crippen LogP contribution in [0.15, 0.2) is 48.5 Å². The Kier molecular flexibility index (Phi) is 13.1. The van der Waals surface area contributed by atoms with Crippen LogP contribution in [0.4, 0.5) is 5.69 Å². The molecule has 2 aromatic rings. The van der Waals surface area contributed by atoms with Gasteiger partial charge >= 0.3 is 5.97 Å². The molecule has 2 aromatic carbocycles. The number of rotatable bonds is 17. The van der Waals surface area contributed by atoms with E-state index in [1.54, 1.807) is 6.92 Å². The van der Waals surface area contributed by atoms with E-state index in [1.165, 1.54) is 0 Å². The number of anilines is 1. The molecule has 0 bridgehead atoms. The van der Waals surface area contributed by atoms with Crippen LogP contribution in [-0.2, 0) is 20.7 Å². The van der Waals surface area contributed by atoms with Crippen LogP contribution in [0.5, 0.6) is 0 Å². The number of primary amides is 1. The van der Waals surface area contributed by atoms with E-state index in [-0.39, 0.29) is 30.2 Å². The Morgan fingerprint density at radius 3 is 2.11 bits per heavy atom. The molecular formula is C36H54N4O5. The van der Waals surface area contributed by atoms with Crippen molar-refractivity contribution in [2.45, 2.75) is 83.8 Å². The number of nitrogens with zero attached hydrogens (tertiary/aromatic N) is 3. The van der Waals surface area contributed by atoms with E-state index in [0.717, 1.165) is 49.5 Å². The number of hydrogen-bond acceptors (Lipinski definition) is 8. The zero-order valence-corrected chi connectivity index (χ0v) is 28.2. The number of hydrogen-bond donors (Lipinski definition) is 2. The maximum atomic E-state index is 14.2. The maximum absolute atomic E-state index is 14.2. The Hall–Kier alpha value is -3.27. The second-order valence-electron chi connectivity index (χ2n) is 12.6. The van der Waals surface area contributed by atoms with Gasteiger partial charge in [0, 0.05) is 57.0 Å². The van der Waals surface area contributed by atoms with Gasteiger partial charge in [-0.05, 0) is 82.1 Å². The van der Waals surface area contributed by atoms with Crippen molar-refractivity contribution in [3.05, 3.63) is 65.2 Å². The molecule has 9 nitrogen and oxygen atoms in total. The quantitative estimate of drug-likeness (QED) is 0.197. The number of benzene rings is 2. The standard InChI is InChI=1S/C36H54N4O5/c1-7-35(5,19-25-41)45-32(42)18-20-39-21-23-40(24-22-39)31-16-14-30(15-17-31)33(43)36(8-2,38(6)9-3)26-28-10-12-29(13-11-28)27(4)34(37)44/h10-17,27,41H,7-9,18-26H2,1-6H3,(H2,37,44). The van der Waals surface area contributed by atoms with Gasteiger partial charge in [-0.2, -0.15) is 0 Å². The van der Waals surface area contributed by atoms with Crippen LogP contribution in [0.2, 0.25) is 0 Å². The Morgan fingerprint density at radius 2 is 1.60 bits per heavy atom. The first-order valence-electron chi connectivity index (χ1n) is 16.5. The summed E-state index contributed by atoms with van der Waals surface area (Å²) in [5, 5.41) is 9.28. The minimum atomic E-state index is -0.702. The number of ether oxygens (including phenoxy) is 1. The van der Waals surface area contributed by atoms with Gasteiger partial charge in [-0.1, -0.05) is 45.0 Å². The molecule has 0 aromatic heterocycles. The Balaban J connectivity index is 1.63. The molecule has 3 N–H and O–H groups in total. The van der Waals surface area contributed by atoms with Gasteiger partial charge in [0.15, 0.2) is 5.78 Å². The van der Waals surface area contributed by atoms with Crippen molar-refractivity contribution < 1.29 is 24.2 Å². The average molecular weight is 623 g/mol. The lowest BCUT2D eigenvalue weighted by Gasteiger charge is -2.40. The third-order valence-corrected chi connectivity index (χ3v) is 9.86. The minimum absolute atomic E-state index is 0.00138. The fourth-order valence-corrected chi connectivity index (χ4v) is 6.11. The highest BCUT2D eigenvalue weighted by molar-refractivity contribution is 6.03. The largest absolute Gasteiger partial charge is 0.459 e. The van der Waals surface area contributed by atoms with E-state index < -0.39 is 11.1 Å². The molecule has 0 radical (unpaired) electrons. The predicted octanol–water partition coefficient (Wildman–Crippen LogP) is 4.41. The van der Waals surface area contributed by atoms with Gasteiger partial charge in [0.2, 0.25) is 5.91 Å². The Morgan fingerprint density at radius 1 is 0.978 bits per heavy atom. The fourth-order valence-electron chi connectivity index (χ4n) is 6.11. The summed E-state index contributed by atoms with van der Waals surface area (Å²) >= 11 is 0. The van der Waals surface area contributed by atoms with E-state index in [2.05, 4.69) is 28.5 Å². The van der Waals surface area contributed by atoms with Crippen molar-refractivity contribution in [3.63, 3.8) is 0 Å². The predicted molar refractivity (Wildman–Crippen MR) is 180 cm³/mol. The van der Waals surface area contributed by atoms with E-state index in [4.69, 9.17) is 10.5 Å². The number of Topliss-reactive ketones (excluding diaryl/α,β-unsaturated/α-hetero) is 1. The van der Waals surface area contributed by atoms with Gasteiger partial charge in [0.25, 0.3) is 0 Å². The molecule has 1 fully saturated rings. The van der Waals surface area contributed by atoms with Gasteiger partial charge < -0.3 is 20.5 Å². The number of piperazine rings is 1. The topological polar surface area (TPSA) is 116 Å². The van der Waals surface area contributed by atoms with E-state index in [1.807, 2.05) is 69.4 Å². The first kappa shape index (κ1) is 36.2. The summed E-state index contributed by atoms with van der Waals surface area (Å²) in [6.07, 6.45) is 2.67. The molecule has 1 heterocycles. The normalized spacial score (nSPS) is 17.4. The van der Waals surface area contributed by atoms with Crippen LogP contribution in [0.3, 0.4) is 0 Å². The summed E-state index contributed by atoms with van der Waals surface area (Å²) in [6, 6.07) is 15.8. The lowest BCUT2D eigenvalue weighted by atomic mass is 9.79. The van der Waals surface area contributed by atoms with Gasteiger partial charge in [0.1, 0.15) is 5.60 Å². The van der Waals surface area contributed by atoms with Crippen LogP contribution in [0.1, 0.15) is 87.7 Å². The van der Waals surface area contributed by atoms with Crippen LogP contribution in [0.25, 0.3) is 0 Å². The summed E-state index contributed by atoms with van der Waals surface area (Å²) < 4.78 is 5.67. The van der Waals surface area contributed by atoms with Crippen molar-refractivity contribution >= 4 is 23.3 Å². The van der Waals surface area contributed by atoms with Gasteiger partial charge in [0.05, 0.1) is 17.9 Å². The molecule has 9 heteroatoms. The molecule has 1 saturated heterocycles. The Bertz CT molecular complexity index is 1260. The molecule has 1 aliphatic rings. The summed E-state index contributed by atoms with van der Waals surface area (Å²) in [4.78, 5) is 45.0. The summed E-state index contributed by atoms with van der Waals surface area (Å²) in [5.74, 6) is -0.836. The molecule has 3 atom stereocenters. The summed E-state index contributed by atoms with van der Waals surface area (Å²) in [7, 11) is 2.01. The zero-order chi connectivity index (χ0) is 33.2. The number of aliphatic hydroxyl groups is 1. The molecule has 248 valence electrons. The van der Waals surface area contributed by atoms with Crippen LogP contribution in [-0.4, -0.2) is 96.6 Å². The summed E-state index contributed by atoms with van der Waals surface area (Å²) in [6.45, 7) is 14.5. The molecule has 3 unspecified atom stereocenters.